The normalized spacial score (nSPS) is 23.8. The van der Waals surface area contributed by atoms with Crippen LogP contribution in [-0.2, 0) is 11.3 Å². The second-order valence-corrected chi connectivity index (χ2v) is 6.61. The minimum absolute atomic E-state index is 0.0922. The van der Waals surface area contributed by atoms with E-state index in [9.17, 15) is 4.79 Å². The van der Waals surface area contributed by atoms with Gasteiger partial charge in [0, 0.05) is 30.4 Å². The molecule has 5 nitrogen and oxygen atoms in total. The fourth-order valence-electron chi connectivity index (χ4n) is 3.86. The number of nitrogens with zero attached hydrogens (tertiary/aromatic N) is 2. The van der Waals surface area contributed by atoms with Crippen LogP contribution < -0.4 is 10.1 Å². The summed E-state index contributed by atoms with van der Waals surface area (Å²) in [5.41, 5.74) is 2.99. The van der Waals surface area contributed by atoms with Gasteiger partial charge in [-0.2, -0.15) is 0 Å². The van der Waals surface area contributed by atoms with Crippen molar-refractivity contribution in [1.82, 2.24) is 15.2 Å². The number of aromatic nitrogens is 1. The number of hydrogen-bond acceptors (Lipinski definition) is 4. The van der Waals surface area contributed by atoms with Gasteiger partial charge in [-0.1, -0.05) is 0 Å². The molecule has 3 rings (SSSR count). The molecule has 1 aromatic rings. The SMILES string of the molecule is COc1nc(C)cc(C)c1CNC(=O)CN1C[C@@H]2CC[C@H]1C2. The Morgan fingerprint density at radius 3 is 2.91 bits per heavy atom. The minimum Gasteiger partial charge on any atom is -0.481 e. The number of methoxy groups -OCH3 is 1. The summed E-state index contributed by atoms with van der Waals surface area (Å²) in [6.45, 7) is 6.05. The van der Waals surface area contributed by atoms with Crippen molar-refractivity contribution in [1.29, 1.82) is 0 Å². The Balaban J connectivity index is 1.57. The summed E-state index contributed by atoms with van der Waals surface area (Å²) in [5, 5.41) is 3.02. The highest BCUT2D eigenvalue weighted by Crippen LogP contribution is 2.36. The number of nitrogens with one attached hydrogen (secondary N) is 1. The number of carbonyl (C=O) groups is 1. The topological polar surface area (TPSA) is 54.5 Å². The molecule has 2 aliphatic rings. The Morgan fingerprint density at radius 2 is 2.27 bits per heavy atom. The van der Waals surface area contributed by atoms with Gasteiger partial charge in [0.25, 0.3) is 0 Å². The molecule has 0 aromatic carbocycles. The Morgan fingerprint density at radius 1 is 1.45 bits per heavy atom. The van der Waals surface area contributed by atoms with Gasteiger partial charge in [0.2, 0.25) is 11.8 Å². The molecule has 1 saturated carbocycles. The van der Waals surface area contributed by atoms with Crippen molar-refractivity contribution in [3.8, 4) is 5.88 Å². The molecule has 1 aliphatic carbocycles. The summed E-state index contributed by atoms with van der Waals surface area (Å²) in [6, 6.07) is 2.65. The fourth-order valence-corrected chi connectivity index (χ4v) is 3.86. The maximum atomic E-state index is 12.2. The molecule has 0 spiro atoms. The minimum atomic E-state index is 0.0922. The van der Waals surface area contributed by atoms with Crippen LogP contribution in [0.1, 0.15) is 36.1 Å². The largest absolute Gasteiger partial charge is 0.481 e. The Hall–Kier alpha value is -1.62. The molecule has 2 atom stereocenters. The molecule has 2 bridgehead atoms. The van der Waals surface area contributed by atoms with E-state index in [1.165, 1.54) is 19.3 Å². The summed E-state index contributed by atoms with van der Waals surface area (Å²) in [4.78, 5) is 18.9. The van der Waals surface area contributed by atoms with Crippen LogP contribution in [0.3, 0.4) is 0 Å². The third kappa shape index (κ3) is 3.09. The van der Waals surface area contributed by atoms with Crippen LogP contribution in [0.5, 0.6) is 5.88 Å². The summed E-state index contributed by atoms with van der Waals surface area (Å²) < 4.78 is 5.34. The summed E-state index contributed by atoms with van der Waals surface area (Å²) in [7, 11) is 1.62. The second kappa shape index (κ2) is 6.24. The summed E-state index contributed by atoms with van der Waals surface area (Å²) in [6.07, 6.45) is 3.88. The van der Waals surface area contributed by atoms with E-state index in [0.717, 1.165) is 29.3 Å². The van der Waals surface area contributed by atoms with Crippen LogP contribution in [0.2, 0.25) is 0 Å². The van der Waals surface area contributed by atoms with Crippen LogP contribution in [0.15, 0.2) is 6.07 Å². The molecular weight excluding hydrogens is 278 g/mol. The van der Waals surface area contributed by atoms with Gasteiger partial charge in [-0.25, -0.2) is 4.98 Å². The summed E-state index contributed by atoms with van der Waals surface area (Å²) >= 11 is 0. The number of rotatable bonds is 5. The lowest BCUT2D eigenvalue weighted by Gasteiger charge is -2.26. The predicted molar refractivity (Wildman–Crippen MR) is 84.8 cm³/mol. The molecule has 5 heteroatoms. The van der Waals surface area contributed by atoms with E-state index < -0.39 is 0 Å². The van der Waals surface area contributed by atoms with Crippen molar-refractivity contribution < 1.29 is 9.53 Å². The quantitative estimate of drug-likeness (QED) is 0.901. The number of fused-ring (bicyclic) bond motifs is 2. The van der Waals surface area contributed by atoms with Crippen LogP contribution >= 0.6 is 0 Å². The van der Waals surface area contributed by atoms with Gasteiger partial charge in [-0.05, 0) is 50.7 Å². The lowest BCUT2D eigenvalue weighted by atomic mass is 10.1. The number of amides is 1. The van der Waals surface area contributed by atoms with Crippen LogP contribution in [0.4, 0.5) is 0 Å². The molecule has 1 aromatic heterocycles. The van der Waals surface area contributed by atoms with Crippen molar-refractivity contribution in [3.05, 3.63) is 22.9 Å². The molecule has 120 valence electrons. The molecule has 22 heavy (non-hydrogen) atoms. The first-order chi connectivity index (χ1) is 10.6. The predicted octanol–water partition coefficient (Wildman–Crippen LogP) is 1.81. The zero-order valence-electron chi connectivity index (χ0n) is 13.7. The van der Waals surface area contributed by atoms with Crippen molar-refractivity contribution >= 4 is 5.91 Å². The highest BCUT2D eigenvalue weighted by molar-refractivity contribution is 5.78. The first kappa shape index (κ1) is 15.3. The Bertz CT molecular complexity index is 573. The van der Waals surface area contributed by atoms with E-state index in [0.29, 0.717) is 25.0 Å². The highest BCUT2D eigenvalue weighted by Gasteiger charge is 2.38. The maximum absolute atomic E-state index is 12.2. The smallest absolute Gasteiger partial charge is 0.234 e. The van der Waals surface area contributed by atoms with Gasteiger partial charge in [0.15, 0.2) is 0 Å². The maximum Gasteiger partial charge on any atom is 0.234 e. The average Bonchev–Trinajstić information content (AvgIpc) is 3.08. The molecule has 0 unspecified atom stereocenters. The van der Waals surface area contributed by atoms with Gasteiger partial charge >= 0.3 is 0 Å². The van der Waals surface area contributed by atoms with Gasteiger partial charge < -0.3 is 10.1 Å². The monoisotopic (exact) mass is 303 g/mol. The number of ether oxygens (including phenoxy) is 1. The van der Waals surface area contributed by atoms with Gasteiger partial charge in [-0.15, -0.1) is 0 Å². The van der Waals surface area contributed by atoms with Crippen LogP contribution in [-0.4, -0.2) is 42.0 Å². The number of pyridine rings is 1. The Kier molecular flexibility index (Phi) is 4.34. The Labute approximate surface area is 132 Å². The zero-order chi connectivity index (χ0) is 15.7. The van der Waals surface area contributed by atoms with Crippen LogP contribution in [0.25, 0.3) is 0 Å². The molecule has 1 amide bonds. The van der Waals surface area contributed by atoms with Crippen molar-refractivity contribution in [2.24, 2.45) is 5.92 Å². The van der Waals surface area contributed by atoms with Crippen molar-refractivity contribution in [2.45, 2.75) is 45.7 Å². The van der Waals surface area contributed by atoms with Gasteiger partial charge in [0.1, 0.15) is 0 Å². The van der Waals surface area contributed by atoms with E-state index in [4.69, 9.17) is 4.74 Å². The van der Waals surface area contributed by atoms with E-state index in [1.807, 2.05) is 19.9 Å². The van der Waals surface area contributed by atoms with E-state index >= 15 is 0 Å². The molecule has 1 N–H and O–H groups in total. The fraction of sp³-hybridized carbons (Fsp3) is 0.647. The molecule has 2 heterocycles. The molecule has 2 fully saturated rings. The highest BCUT2D eigenvalue weighted by atomic mass is 16.5. The van der Waals surface area contributed by atoms with E-state index in [-0.39, 0.29) is 5.91 Å². The number of carbonyl (C=O) groups excluding carboxylic acids is 1. The number of likely N-dealkylation sites (tertiary alicyclic amines) is 1. The number of hydrogen-bond donors (Lipinski definition) is 1. The average molecular weight is 303 g/mol. The summed E-state index contributed by atoms with van der Waals surface area (Å²) in [5.74, 6) is 1.52. The lowest BCUT2D eigenvalue weighted by molar-refractivity contribution is -0.122. The third-order valence-corrected chi connectivity index (χ3v) is 4.96. The first-order valence-electron chi connectivity index (χ1n) is 8.08. The molecule has 1 saturated heterocycles. The molecule has 1 aliphatic heterocycles. The lowest BCUT2D eigenvalue weighted by Crippen LogP contribution is -2.41. The van der Waals surface area contributed by atoms with Gasteiger partial charge in [0.05, 0.1) is 13.7 Å². The van der Waals surface area contributed by atoms with Crippen molar-refractivity contribution in [2.75, 3.05) is 20.2 Å². The van der Waals surface area contributed by atoms with E-state index in [2.05, 4.69) is 15.2 Å². The standard InChI is InChI=1S/C17H25N3O2/c1-11-6-12(2)19-17(22-3)15(11)8-18-16(21)10-20-9-13-4-5-14(20)7-13/h6,13-14H,4-5,7-10H2,1-3H3,(H,18,21)/t13-,14+/m1/s1. The number of piperidine rings is 1. The number of aryl methyl sites for hydroxylation is 2. The van der Waals surface area contributed by atoms with Crippen molar-refractivity contribution in [3.63, 3.8) is 0 Å². The molecule has 0 radical (unpaired) electrons. The van der Waals surface area contributed by atoms with Gasteiger partial charge in [-0.3, -0.25) is 9.69 Å². The third-order valence-electron chi connectivity index (χ3n) is 4.96. The second-order valence-electron chi connectivity index (χ2n) is 6.61. The first-order valence-corrected chi connectivity index (χ1v) is 8.08. The zero-order valence-corrected chi connectivity index (χ0v) is 13.7. The van der Waals surface area contributed by atoms with E-state index in [1.54, 1.807) is 7.11 Å². The molecular formula is C17H25N3O2. The van der Waals surface area contributed by atoms with Crippen LogP contribution in [0, 0.1) is 19.8 Å².